The first-order chi connectivity index (χ1) is 22.4. The molecule has 5 bridgehead atoms. The molecule has 4 aliphatic rings. The number of hydrogen-bond donors (Lipinski definition) is 2. The summed E-state index contributed by atoms with van der Waals surface area (Å²) in [4.78, 5) is 60.2. The number of allylic oxidation sites excluding steroid dienone is 1. The van der Waals surface area contributed by atoms with E-state index >= 15 is 0 Å². The van der Waals surface area contributed by atoms with Gasteiger partial charge in [0.05, 0.1) is 37.3 Å². The average molecular weight is 652 g/mol. The van der Waals surface area contributed by atoms with Crippen molar-refractivity contribution in [2.45, 2.75) is 95.4 Å². The van der Waals surface area contributed by atoms with Gasteiger partial charge in [-0.2, -0.15) is 0 Å². The lowest BCUT2D eigenvalue weighted by Gasteiger charge is -2.44. The van der Waals surface area contributed by atoms with Gasteiger partial charge in [0.15, 0.2) is 0 Å². The fourth-order valence-electron chi connectivity index (χ4n) is 7.57. The molecule has 0 unspecified atom stereocenters. The molecule has 11 nitrogen and oxygen atoms in total. The van der Waals surface area contributed by atoms with Gasteiger partial charge >= 0.3 is 5.97 Å². The van der Waals surface area contributed by atoms with Gasteiger partial charge in [0.25, 0.3) is 0 Å². The highest BCUT2D eigenvalue weighted by Crippen LogP contribution is 2.57. The van der Waals surface area contributed by atoms with E-state index in [-0.39, 0.29) is 43.9 Å². The highest BCUT2D eigenvalue weighted by molar-refractivity contribution is 5.99. The molecule has 256 valence electrons. The number of nitrogens with zero attached hydrogens (tertiary/aromatic N) is 2. The first-order valence-electron chi connectivity index (χ1n) is 16.7. The third kappa shape index (κ3) is 6.37. The molecule has 5 rings (SSSR count). The van der Waals surface area contributed by atoms with Crippen LogP contribution in [-0.2, 0) is 33.4 Å². The van der Waals surface area contributed by atoms with Crippen molar-refractivity contribution in [2.75, 3.05) is 26.9 Å². The van der Waals surface area contributed by atoms with Crippen molar-refractivity contribution in [1.29, 1.82) is 0 Å². The third-order valence-electron chi connectivity index (χ3n) is 10.2. The molecule has 1 spiro atoms. The molecule has 2 saturated heterocycles. The van der Waals surface area contributed by atoms with Crippen molar-refractivity contribution >= 4 is 23.7 Å². The molecule has 4 heterocycles. The summed E-state index contributed by atoms with van der Waals surface area (Å²) in [5, 5.41) is 13.7. The Morgan fingerprint density at radius 2 is 1.83 bits per heavy atom. The van der Waals surface area contributed by atoms with Crippen molar-refractivity contribution in [3.8, 4) is 0 Å². The number of ether oxygens (including phenoxy) is 3. The number of benzene rings is 1. The van der Waals surface area contributed by atoms with Crippen LogP contribution >= 0.6 is 0 Å². The van der Waals surface area contributed by atoms with E-state index in [2.05, 4.69) is 5.32 Å². The van der Waals surface area contributed by atoms with E-state index < -0.39 is 65.2 Å². The minimum absolute atomic E-state index is 0.0726. The zero-order valence-corrected chi connectivity index (χ0v) is 28.3. The maximum absolute atomic E-state index is 14.8. The zero-order chi connectivity index (χ0) is 34.1. The number of carbonyl (C=O) groups is 4. The largest absolute Gasteiger partial charge is 0.455 e. The Morgan fingerprint density at radius 3 is 2.47 bits per heavy atom. The lowest BCUT2D eigenvalue weighted by molar-refractivity contribution is -0.163. The topological polar surface area (TPSA) is 135 Å². The van der Waals surface area contributed by atoms with Crippen molar-refractivity contribution in [2.24, 2.45) is 17.8 Å². The van der Waals surface area contributed by atoms with Crippen LogP contribution in [0.2, 0.25) is 0 Å². The Hall–Kier alpha value is -3.54. The second-order valence-corrected chi connectivity index (χ2v) is 14.1. The highest BCUT2D eigenvalue weighted by Gasteiger charge is 2.74. The minimum atomic E-state index is -1.42. The maximum atomic E-state index is 14.8. The fraction of sp³-hybridized carbons (Fsp3) is 0.611. The van der Waals surface area contributed by atoms with Crippen LogP contribution in [0, 0.1) is 17.8 Å². The summed E-state index contributed by atoms with van der Waals surface area (Å²) in [7, 11) is 1.51. The van der Waals surface area contributed by atoms with Crippen LogP contribution in [0.1, 0.15) is 65.5 Å². The molecule has 2 N–H and O–H groups in total. The number of esters is 1. The van der Waals surface area contributed by atoms with Gasteiger partial charge in [0.1, 0.15) is 23.7 Å². The number of carbonyl (C=O) groups excluding carboxylic acids is 4. The van der Waals surface area contributed by atoms with Gasteiger partial charge in [0, 0.05) is 25.6 Å². The quantitative estimate of drug-likeness (QED) is 0.340. The molecule has 1 aromatic rings. The molecule has 2 fully saturated rings. The summed E-state index contributed by atoms with van der Waals surface area (Å²) in [6.45, 7) is 9.64. The number of hydrogen-bond acceptors (Lipinski definition) is 8. The maximum Gasteiger partial charge on any atom is 0.313 e. The molecule has 9 atom stereocenters. The van der Waals surface area contributed by atoms with E-state index in [1.807, 2.05) is 77.1 Å². The fourth-order valence-corrected chi connectivity index (χ4v) is 7.57. The number of methoxy groups -OCH3 is 1. The Bertz CT molecular complexity index is 1390. The van der Waals surface area contributed by atoms with Gasteiger partial charge in [-0.1, -0.05) is 74.9 Å². The van der Waals surface area contributed by atoms with Crippen LogP contribution in [0.15, 0.2) is 54.6 Å². The number of likely N-dealkylation sites (tertiary alicyclic amines) is 1. The SMILES string of the molecule is CC[C@H](C)[C@H](CO)N1C(=O)[C@H]2[C@@H]3C(=O)O[C@H](c4ccccc4)[C@@H](COC)NC(=O)CC/C=C\CN(C(C)(C)C)C(=O)[C@H]1[C@@]21C=C[C@@H]3O1. The summed E-state index contributed by atoms with van der Waals surface area (Å²) in [5.74, 6) is -3.88. The summed E-state index contributed by atoms with van der Waals surface area (Å²) >= 11 is 0. The molecule has 0 aromatic heterocycles. The summed E-state index contributed by atoms with van der Waals surface area (Å²) < 4.78 is 18.3. The summed E-state index contributed by atoms with van der Waals surface area (Å²) in [6, 6.07) is 6.61. The number of nitrogens with one attached hydrogen (secondary N) is 1. The van der Waals surface area contributed by atoms with Crippen molar-refractivity contribution in [1.82, 2.24) is 15.1 Å². The molecule has 0 aliphatic carbocycles. The number of amides is 3. The Kier molecular flexibility index (Phi) is 10.3. The van der Waals surface area contributed by atoms with Crippen LogP contribution in [0.5, 0.6) is 0 Å². The predicted molar refractivity (Wildman–Crippen MR) is 174 cm³/mol. The van der Waals surface area contributed by atoms with E-state index in [4.69, 9.17) is 14.2 Å². The van der Waals surface area contributed by atoms with E-state index in [1.54, 1.807) is 17.1 Å². The van der Waals surface area contributed by atoms with Gasteiger partial charge in [-0.3, -0.25) is 19.2 Å². The van der Waals surface area contributed by atoms with E-state index in [0.717, 1.165) is 0 Å². The predicted octanol–water partition coefficient (Wildman–Crippen LogP) is 2.94. The number of fused-ring (bicyclic) bond motifs is 2. The van der Waals surface area contributed by atoms with Crippen LogP contribution in [0.3, 0.4) is 0 Å². The lowest BCUT2D eigenvalue weighted by atomic mass is 9.74. The van der Waals surface area contributed by atoms with Gasteiger partial charge in [-0.25, -0.2) is 0 Å². The molecule has 3 amide bonds. The Balaban J connectivity index is 1.65. The van der Waals surface area contributed by atoms with Crippen molar-refractivity contribution in [3.05, 3.63) is 60.2 Å². The minimum Gasteiger partial charge on any atom is -0.455 e. The molecular formula is C36H49N3O8. The van der Waals surface area contributed by atoms with Gasteiger partial charge in [-0.05, 0) is 38.7 Å². The monoisotopic (exact) mass is 651 g/mol. The standard InChI is InChI=1S/C36H49N3O8/c1-7-22(2)25(20-40)39-31-33(43)38(35(3,4)5)19-13-9-12-16-27(41)37-24(21-45-6)30(23-14-10-8-11-15-23)46-34(44)28-26-17-18-36(31,47-26)29(28)32(39)42/h8-11,13-15,17-18,22,24-26,28-31,40H,7,12,16,19-21H2,1-6H3,(H,37,41)/b13-9-/t22-,24+,25-,26-,28+,29+,30+,31-,36+/m0/s1. The lowest BCUT2D eigenvalue weighted by Crippen LogP contribution is -2.62. The van der Waals surface area contributed by atoms with E-state index in [1.165, 1.54) is 12.0 Å². The van der Waals surface area contributed by atoms with Crippen LogP contribution < -0.4 is 5.32 Å². The van der Waals surface area contributed by atoms with Crippen LogP contribution in [0.25, 0.3) is 0 Å². The van der Waals surface area contributed by atoms with Crippen LogP contribution in [-0.4, -0.2) is 101 Å². The first-order valence-corrected chi connectivity index (χ1v) is 16.7. The van der Waals surface area contributed by atoms with Crippen molar-refractivity contribution in [3.63, 3.8) is 0 Å². The zero-order valence-electron chi connectivity index (χ0n) is 28.3. The van der Waals surface area contributed by atoms with Gasteiger partial charge < -0.3 is 34.4 Å². The number of rotatable bonds is 7. The molecule has 11 heteroatoms. The molecule has 0 saturated carbocycles. The molecule has 47 heavy (non-hydrogen) atoms. The summed E-state index contributed by atoms with van der Waals surface area (Å²) in [5.41, 5.74) is -1.42. The van der Waals surface area contributed by atoms with E-state index in [9.17, 15) is 24.3 Å². The number of cyclic esters (lactones) is 1. The Morgan fingerprint density at radius 1 is 1.11 bits per heavy atom. The van der Waals surface area contributed by atoms with Gasteiger partial charge in [-0.15, -0.1) is 0 Å². The highest BCUT2D eigenvalue weighted by atomic mass is 16.6. The Labute approximate surface area is 277 Å². The second-order valence-electron chi connectivity index (χ2n) is 14.1. The molecule has 1 aromatic carbocycles. The van der Waals surface area contributed by atoms with E-state index in [0.29, 0.717) is 18.4 Å². The second kappa shape index (κ2) is 13.9. The smallest absolute Gasteiger partial charge is 0.313 e. The number of aliphatic hydroxyl groups is 1. The molecule has 4 aliphatic heterocycles. The van der Waals surface area contributed by atoms with Gasteiger partial charge in [0.2, 0.25) is 17.7 Å². The molecular weight excluding hydrogens is 602 g/mol. The third-order valence-corrected chi connectivity index (χ3v) is 10.2. The van der Waals surface area contributed by atoms with Crippen LogP contribution in [0.4, 0.5) is 0 Å². The molecule has 0 radical (unpaired) electrons. The normalized spacial score (nSPS) is 33.4. The number of aliphatic hydroxyl groups excluding tert-OH is 1. The first kappa shape index (κ1) is 34.8. The van der Waals surface area contributed by atoms with Crippen molar-refractivity contribution < 1.29 is 38.5 Å². The average Bonchev–Trinajstić information content (AvgIpc) is 3.68. The summed E-state index contributed by atoms with van der Waals surface area (Å²) in [6.07, 6.45) is 6.79.